The molecule has 0 saturated heterocycles. The third-order valence-electron chi connectivity index (χ3n) is 4.26. The summed E-state index contributed by atoms with van der Waals surface area (Å²) in [6.45, 7) is 0.461. The first-order chi connectivity index (χ1) is 13.6. The zero-order chi connectivity index (χ0) is 19.5. The molecule has 4 rings (SSSR count). The van der Waals surface area contributed by atoms with E-state index < -0.39 is 0 Å². The van der Waals surface area contributed by atoms with Gasteiger partial charge in [-0.2, -0.15) is 4.98 Å². The Kier molecular flexibility index (Phi) is 5.12. The molecule has 142 valence electrons. The minimum absolute atomic E-state index is 0.0270. The maximum Gasteiger partial charge on any atom is 0.227 e. The van der Waals surface area contributed by atoms with E-state index in [0.717, 1.165) is 15.2 Å². The molecule has 28 heavy (non-hydrogen) atoms. The normalized spacial score (nSPS) is 11.1. The van der Waals surface area contributed by atoms with Gasteiger partial charge in [-0.15, -0.1) is 11.3 Å². The van der Waals surface area contributed by atoms with E-state index in [1.54, 1.807) is 35.4 Å². The van der Waals surface area contributed by atoms with Crippen LogP contribution >= 0.6 is 11.3 Å². The first-order valence-electron chi connectivity index (χ1n) is 8.75. The number of benzene rings is 2. The fourth-order valence-electron chi connectivity index (χ4n) is 2.76. The SMILES string of the molecule is CN(Cc1nc2ccccc2s1)C(=O)CCc1nc(-c2ccc(F)cc2)no1. The molecule has 4 aromatic rings. The van der Waals surface area contributed by atoms with Crippen molar-refractivity contribution in [1.82, 2.24) is 20.0 Å². The molecule has 0 aliphatic rings. The summed E-state index contributed by atoms with van der Waals surface area (Å²) < 4.78 is 19.3. The Morgan fingerprint density at radius 2 is 1.93 bits per heavy atom. The Balaban J connectivity index is 1.34. The number of thiazole rings is 1. The van der Waals surface area contributed by atoms with Crippen molar-refractivity contribution in [2.75, 3.05) is 7.05 Å². The quantitative estimate of drug-likeness (QED) is 0.491. The van der Waals surface area contributed by atoms with Gasteiger partial charge in [0, 0.05) is 25.5 Å². The van der Waals surface area contributed by atoms with Crippen LogP contribution in [0.3, 0.4) is 0 Å². The second-order valence-corrected chi connectivity index (χ2v) is 7.46. The Labute approximate surface area is 164 Å². The Bertz CT molecular complexity index is 1070. The van der Waals surface area contributed by atoms with E-state index >= 15 is 0 Å². The van der Waals surface area contributed by atoms with Crippen molar-refractivity contribution in [3.63, 3.8) is 0 Å². The van der Waals surface area contributed by atoms with Gasteiger partial charge in [-0.25, -0.2) is 9.37 Å². The maximum absolute atomic E-state index is 13.0. The number of para-hydroxylation sites is 1. The van der Waals surface area contributed by atoms with Crippen LogP contribution in [0.1, 0.15) is 17.3 Å². The number of hydrogen-bond acceptors (Lipinski definition) is 6. The highest BCUT2D eigenvalue weighted by molar-refractivity contribution is 7.18. The van der Waals surface area contributed by atoms with Crippen LogP contribution in [-0.2, 0) is 17.8 Å². The van der Waals surface area contributed by atoms with Gasteiger partial charge >= 0.3 is 0 Å². The number of aromatic nitrogens is 3. The summed E-state index contributed by atoms with van der Waals surface area (Å²) >= 11 is 1.59. The number of rotatable bonds is 6. The van der Waals surface area contributed by atoms with Crippen molar-refractivity contribution in [2.24, 2.45) is 0 Å². The summed E-state index contributed by atoms with van der Waals surface area (Å²) in [6.07, 6.45) is 0.601. The number of amides is 1. The van der Waals surface area contributed by atoms with Crippen LogP contribution in [0, 0.1) is 5.82 Å². The summed E-state index contributed by atoms with van der Waals surface area (Å²) in [4.78, 5) is 22.9. The first-order valence-corrected chi connectivity index (χ1v) is 9.57. The standard InChI is InChI=1S/C20H17FN4O2S/c1-25(12-18-22-15-4-2-3-5-16(15)28-18)19(26)11-10-17-23-20(24-27-17)13-6-8-14(21)9-7-13/h2-9H,10-12H2,1H3. The number of hydrogen-bond donors (Lipinski definition) is 0. The molecule has 0 N–H and O–H groups in total. The monoisotopic (exact) mass is 396 g/mol. The Morgan fingerprint density at radius 3 is 2.71 bits per heavy atom. The molecule has 0 atom stereocenters. The van der Waals surface area contributed by atoms with Gasteiger partial charge in [0.1, 0.15) is 10.8 Å². The van der Waals surface area contributed by atoms with Crippen molar-refractivity contribution < 1.29 is 13.7 Å². The van der Waals surface area contributed by atoms with Crippen molar-refractivity contribution in [2.45, 2.75) is 19.4 Å². The average molecular weight is 396 g/mol. The Morgan fingerprint density at radius 1 is 1.14 bits per heavy atom. The van der Waals surface area contributed by atoms with E-state index in [1.165, 1.54) is 12.1 Å². The van der Waals surface area contributed by atoms with Gasteiger partial charge in [0.05, 0.1) is 16.8 Å². The number of carbonyl (C=O) groups excluding carboxylic acids is 1. The smallest absolute Gasteiger partial charge is 0.227 e. The topological polar surface area (TPSA) is 72.1 Å². The molecular formula is C20H17FN4O2S. The summed E-state index contributed by atoms with van der Waals surface area (Å²) in [5.41, 5.74) is 1.61. The first kappa shape index (κ1) is 18.2. The lowest BCUT2D eigenvalue weighted by Crippen LogP contribution is -2.26. The van der Waals surface area contributed by atoms with Crippen LogP contribution in [0.25, 0.3) is 21.6 Å². The summed E-state index contributed by atoms with van der Waals surface area (Å²) in [7, 11) is 1.76. The molecule has 2 aromatic heterocycles. The van der Waals surface area contributed by atoms with Crippen LogP contribution in [0.5, 0.6) is 0 Å². The Hall–Kier alpha value is -3.13. The lowest BCUT2D eigenvalue weighted by atomic mass is 10.2. The zero-order valence-corrected chi connectivity index (χ0v) is 15.9. The molecule has 0 aliphatic carbocycles. The fourth-order valence-corrected chi connectivity index (χ4v) is 3.78. The predicted molar refractivity (Wildman–Crippen MR) is 104 cm³/mol. The van der Waals surface area contributed by atoms with Crippen molar-refractivity contribution >= 4 is 27.5 Å². The highest BCUT2D eigenvalue weighted by Gasteiger charge is 2.15. The lowest BCUT2D eigenvalue weighted by molar-refractivity contribution is -0.130. The fraction of sp³-hybridized carbons (Fsp3) is 0.200. The molecule has 8 heteroatoms. The van der Waals surface area contributed by atoms with Crippen LogP contribution in [0.15, 0.2) is 53.1 Å². The molecule has 1 amide bonds. The number of nitrogens with zero attached hydrogens (tertiary/aromatic N) is 4. The minimum atomic E-state index is -0.325. The molecule has 2 heterocycles. The van der Waals surface area contributed by atoms with Crippen LogP contribution in [0.2, 0.25) is 0 Å². The summed E-state index contributed by atoms with van der Waals surface area (Å²) in [6, 6.07) is 13.8. The minimum Gasteiger partial charge on any atom is -0.339 e. The molecule has 0 saturated carbocycles. The largest absolute Gasteiger partial charge is 0.339 e. The zero-order valence-electron chi connectivity index (χ0n) is 15.1. The van der Waals surface area contributed by atoms with Gasteiger partial charge in [0.25, 0.3) is 0 Å². The molecular weight excluding hydrogens is 379 g/mol. The number of aryl methyl sites for hydroxylation is 1. The third-order valence-corrected chi connectivity index (χ3v) is 5.28. The molecule has 6 nitrogen and oxygen atoms in total. The van der Waals surface area contributed by atoms with E-state index in [0.29, 0.717) is 30.2 Å². The van der Waals surface area contributed by atoms with Gasteiger partial charge < -0.3 is 9.42 Å². The van der Waals surface area contributed by atoms with Crippen molar-refractivity contribution in [3.8, 4) is 11.4 Å². The van der Waals surface area contributed by atoms with Gasteiger partial charge in [0.2, 0.25) is 17.6 Å². The van der Waals surface area contributed by atoms with Crippen LogP contribution < -0.4 is 0 Å². The lowest BCUT2D eigenvalue weighted by Gasteiger charge is -2.14. The molecule has 0 bridgehead atoms. The van der Waals surface area contributed by atoms with Crippen molar-refractivity contribution in [3.05, 3.63) is 65.2 Å². The van der Waals surface area contributed by atoms with E-state index in [9.17, 15) is 9.18 Å². The van der Waals surface area contributed by atoms with Gasteiger partial charge in [-0.3, -0.25) is 4.79 Å². The van der Waals surface area contributed by atoms with Gasteiger partial charge in [-0.1, -0.05) is 17.3 Å². The van der Waals surface area contributed by atoms with E-state index in [2.05, 4.69) is 15.1 Å². The maximum atomic E-state index is 13.0. The molecule has 0 radical (unpaired) electrons. The highest BCUT2D eigenvalue weighted by Crippen LogP contribution is 2.22. The van der Waals surface area contributed by atoms with E-state index in [4.69, 9.17) is 4.52 Å². The molecule has 0 spiro atoms. The average Bonchev–Trinajstić information content (AvgIpc) is 3.33. The second-order valence-electron chi connectivity index (χ2n) is 6.34. The number of carbonyl (C=O) groups is 1. The van der Waals surface area contributed by atoms with Crippen LogP contribution in [0.4, 0.5) is 4.39 Å². The number of halogens is 1. The highest BCUT2D eigenvalue weighted by atomic mass is 32.1. The van der Waals surface area contributed by atoms with Crippen LogP contribution in [-0.4, -0.2) is 33.0 Å². The molecule has 0 aliphatic heterocycles. The third kappa shape index (κ3) is 4.07. The van der Waals surface area contributed by atoms with E-state index in [1.807, 2.05) is 24.3 Å². The summed E-state index contributed by atoms with van der Waals surface area (Å²) in [5.74, 6) is 0.404. The van der Waals surface area contributed by atoms with Gasteiger partial charge in [-0.05, 0) is 36.4 Å². The molecule has 0 unspecified atom stereocenters. The molecule has 0 fully saturated rings. The summed E-state index contributed by atoms with van der Waals surface area (Å²) in [5, 5.41) is 4.79. The van der Waals surface area contributed by atoms with Crippen molar-refractivity contribution in [1.29, 1.82) is 0 Å². The molecule has 2 aromatic carbocycles. The predicted octanol–water partition coefficient (Wildman–Crippen LogP) is 4.08. The second kappa shape index (κ2) is 7.85. The number of fused-ring (bicyclic) bond motifs is 1. The van der Waals surface area contributed by atoms with E-state index in [-0.39, 0.29) is 18.1 Å². The van der Waals surface area contributed by atoms with Gasteiger partial charge in [0.15, 0.2) is 0 Å².